The van der Waals surface area contributed by atoms with Gasteiger partial charge in [-0.1, -0.05) is 0 Å². The Labute approximate surface area is 108 Å². The van der Waals surface area contributed by atoms with Gasteiger partial charge in [0.2, 0.25) is 0 Å². The molecule has 0 bridgehead atoms. The first-order chi connectivity index (χ1) is 8.36. The molecule has 0 spiro atoms. The number of rotatable bonds is 3. The molecule has 1 aromatic rings. The molecule has 0 heterocycles. The predicted molar refractivity (Wildman–Crippen MR) is 63.5 cm³/mol. The Balaban J connectivity index is 3.35. The lowest BCUT2D eigenvalue weighted by molar-refractivity contribution is -0.394. The second-order valence-corrected chi connectivity index (χ2v) is 3.75. The molecule has 0 aliphatic heterocycles. The number of nitrogens with one attached hydrogen (secondary N) is 1. The molecule has 0 radical (unpaired) electrons. The lowest BCUT2D eigenvalue weighted by Crippen LogP contribution is -2.12. The highest BCUT2D eigenvalue weighted by Crippen LogP contribution is 2.36. The van der Waals surface area contributed by atoms with Crippen LogP contribution in [0, 0.1) is 20.2 Å². The minimum atomic E-state index is -0.898. The summed E-state index contributed by atoms with van der Waals surface area (Å²) in [6, 6.07) is 1.76. The summed E-state index contributed by atoms with van der Waals surface area (Å²) in [6.45, 7) is 0. The van der Waals surface area contributed by atoms with E-state index in [-0.39, 0.29) is 10.2 Å². The molecule has 0 saturated heterocycles. The van der Waals surface area contributed by atoms with Gasteiger partial charge in [0.15, 0.2) is 0 Å². The molecule has 0 unspecified atom stereocenters. The summed E-state index contributed by atoms with van der Waals surface area (Å²) in [5.74, 6) is 0. The standard InChI is InChI=1S/C8H6BrN3O6/c1-18-8(13)10-5-2-4(11(14)15)3-6(7(5)9)12(16)17/h2-3H,1H3,(H,10,13). The number of carbonyl (C=O) groups excluding carboxylic acids is 1. The summed E-state index contributed by atoms with van der Waals surface area (Å²) in [7, 11) is 1.09. The van der Waals surface area contributed by atoms with Gasteiger partial charge < -0.3 is 4.74 Å². The van der Waals surface area contributed by atoms with Crippen molar-refractivity contribution in [1.82, 2.24) is 0 Å². The zero-order valence-corrected chi connectivity index (χ0v) is 10.5. The van der Waals surface area contributed by atoms with Gasteiger partial charge in [0.25, 0.3) is 11.4 Å². The van der Waals surface area contributed by atoms with Gasteiger partial charge in [0, 0.05) is 6.07 Å². The highest BCUT2D eigenvalue weighted by molar-refractivity contribution is 9.10. The minimum absolute atomic E-state index is 0.0801. The van der Waals surface area contributed by atoms with Crippen LogP contribution >= 0.6 is 15.9 Å². The molecule has 0 saturated carbocycles. The number of hydrogen-bond donors (Lipinski definition) is 1. The Bertz CT molecular complexity index is 532. The number of non-ortho nitro benzene ring substituents is 1. The van der Waals surface area contributed by atoms with Crippen molar-refractivity contribution in [3.05, 3.63) is 36.8 Å². The van der Waals surface area contributed by atoms with Crippen molar-refractivity contribution in [2.45, 2.75) is 0 Å². The third-order valence-corrected chi connectivity index (χ3v) is 2.70. The number of methoxy groups -OCH3 is 1. The third kappa shape index (κ3) is 2.91. The summed E-state index contributed by atoms with van der Waals surface area (Å²) >= 11 is 2.89. The first kappa shape index (κ1) is 13.8. The summed E-state index contributed by atoms with van der Waals surface area (Å²) in [5.41, 5.74) is -1.17. The van der Waals surface area contributed by atoms with Gasteiger partial charge in [-0.15, -0.1) is 0 Å². The molecule has 1 amide bonds. The maximum atomic E-state index is 11.0. The topological polar surface area (TPSA) is 125 Å². The number of anilines is 1. The van der Waals surface area contributed by atoms with Gasteiger partial charge in [-0.05, 0) is 15.9 Å². The van der Waals surface area contributed by atoms with E-state index in [1.165, 1.54) is 0 Å². The Kier molecular flexibility index (Phi) is 4.15. The normalized spacial score (nSPS) is 9.67. The van der Waals surface area contributed by atoms with Crippen LogP contribution in [0.5, 0.6) is 0 Å². The fourth-order valence-corrected chi connectivity index (χ4v) is 1.56. The maximum absolute atomic E-state index is 11.0. The number of nitrogens with zero attached hydrogens (tertiary/aromatic N) is 2. The molecule has 0 atom stereocenters. The van der Waals surface area contributed by atoms with E-state index in [9.17, 15) is 25.0 Å². The number of nitro benzene ring substituents is 2. The van der Waals surface area contributed by atoms with Crippen molar-refractivity contribution in [3.63, 3.8) is 0 Å². The Morgan fingerprint density at radius 1 is 1.33 bits per heavy atom. The van der Waals surface area contributed by atoms with Gasteiger partial charge >= 0.3 is 6.09 Å². The van der Waals surface area contributed by atoms with Crippen molar-refractivity contribution >= 4 is 39.1 Å². The second-order valence-electron chi connectivity index (χ2n) is 2.96. The molecule has 96 valence electrons. The van der Waals surface area contributed by atoms with Crippen LogP contribution in [0.25, 0.3) is 0 Å². The van der Waals surface area contributed by atoms with Crippen LogP contribution in [-0.4, -0.2) is 23.0 Å². The van der Waals surface area contributed by atoms with Crippen molar-refractivity contribution in [2.24, 2.45) is 0 Å². The van der Waals surface area contributed by atoms with E-state index in [1.807, 2.05) is 0 Å². The van der Waals surface area contributed by atoms with Crippen LogP contribution in [0.15, 0.2) is 16.6 Å². The average molecular weight is 320 g/mol. The lowest BCUT2D eigenvalue weighted by Gasteiger charge is -2.06. The SMILES string of the molecule is COC(=O)Nc1cc([N+](=O)[O-])cc([N+](=O)[O-])c1Br. The molecule has 0 aliphatic carbocycles. The van der Waals surface area contributed by atoms with E-state index in [1.54, 1.807) is 0 Å². The number of benzene rings is 1. The van der Waals surface area contributed by atoms with Crippen LogP contribution in [0.1, 0.15) is 0 Å². The Hall–Kier alpha value is -2.23. The highest BCUT2D eigenvalue weighted by atomic mass is 79.9. The van der Waals surface area contributed by atoms with Crippen molar-refractivity contribution < 1.29 is 19.4 Å². The number of nitro groups is 2. The number of ether oxygens (including phenoxy) is 1. The van der Waals surface area contributed by atoms with Crippen LogP contribution < -0.4 is 5.32 Å². The van der Waals surface area contributed by atoms with Gasteiger partial charge in [-0.25, -0.2) is 4.79 Å². The lowest BCUT2D eigenvalue weighted by atomic mass is 10.2. The molecular formula is C8H6BrN3O6. The smallest absolute Gasteiger partial charge is 0.411 e. The molecule has 0 aromatic heterocycles. The van der Waals surface area contributed by atoms with Gasteiger partial charge in [-0.2, -0.15) is 0 Å². The van der Waals surface area contributed by atoms with Crippen LogP contribution in [-0.2, 0) is 4.74 Å². The predicted octanol–water partition coefficient (Wildman–Crippen LogP) is 2.44. The van der Waals surface area contributed by atoms with Crippen molar-refractivity contribution in [1.29, 1.82) is 0 Å². The van der Waals surface area contributed by atoms with E-state index in [0.717, 1.165) is 19.2 Å². The number of halogens is 1. The fraction of sp³-hybridized carbons (Fsp3) is 0.125. The molecule has 1 aromatic carbocycles. The zero-order chi connectivity index (χ0) is 13.9. The molecule has 1 N–H and O–H groups in total. The monoisotopic (exact) mass is 319 g/mol. The largest absolute Gasteiger partial charge is 0.453 e. The number of amides is 1. The summed E-state index contributed by atoms with van der Waals surface area (Å²) in [6.07, 6.45) is -0.898. The van der Waals surface area contributed by atoms with Gasteiger partial charge in [0.1, 0.15) is 4.47 Å². The van der Waals surface area contributed by atoms with E-state index < -0.39 is 27.3 Å². The number of carbonyl (C=O) groups is 1. The summed E-state index contributed by atoms with van der Waals surface area (Å²) in [4.78, 5) is 30.7. The molecule has 9 nitrogen and oxygen atoms in total. The maximum Gasteiger partial charge on any atom is 0.411 e. The van der Waals surface area contributed by atoms with Crippen LogP contribution in [0.2, 0.25) is 0 Å². The first-order valence-electron chi connectivity index (χ1n) is 4.34. The van der Waals surface area contributed by atoms with Crippen molar-refractivity contribution in [3.8, 4) is 0 Å². The number of hydrogen-bond acceptors (Lipinski definition) is 6. The summed E-state index contributed by atoms with van der Waals surface area (Å²) < 4.78 is 4.22. The quantitative estimate of drug-likeness (QED) is 0.673. The first-order valence-corrected chi connectivity index (χ1v) is 5.13. The van der Waals surface area contributed by atoms with E-state index in [0.29, 0.717) is 0 Å². The molecule has 18 heavy (non-hydrogen) atoms. The molecule has 10 heteroatoms. The summed E-state index contributed by atoms with van der Waals surface area (Å²) in [5, 5.41) is 23.5. The minimum Gasteiger partial charge on any atom is -0.453 e. The van der Waals surface area contributed by atoms with Crippen LogP contribution in [0.4, 0.5) is 21.9 Å². The van der Waals surface area contributed by atoms with E-state index in [4.69, 9.17) is 0 Å². The average Bonchev–Trinajstić information content (AvgIpc) is 2.30. The molecule has 1 rings (SSSR count). The van der Waals surface area contributed by atoms with Crippen LogP contribution in [0.3, 0.4) is 0 Å². The highest BCUT2D eigenvalue weighted by Gasteiger charge is 2.23. The third-order valence-electron chi connectivity index (χ3n) is 1.87. The molecule has 0 fully saturated rings. The second kappa shape index (κ2) is 5.40. The van der Waals surface area contributed by atoms with Gasteiger partial charge in [0.05, 0.1) is 28.7 Å². The van der Waals surface area contributed by atoms with E-state index in [2.05, 4.69) is 26.0 Å². The Morgan fingerprint density at radius 2 is 1.94 bits per heavy atom. The Morgan fingerprint density at radius 3 is 2.39 bits per heavy atom. The molecule has 0 aliphatic rings. The fourth-order valence-electron chi connectivity index (χ4n) is 1.08. The molecular weight excluding hydrogens is 314 g/mol. The van der Waals surface area contributed by atoms with E-state index >= 15 is 0 Å². The van der Waals surface area contributed by atoms with Gasteiger partial charge in [-0.3, -0.25) is 25.5 Å². The van der Waals surface area contributed by atoms with Crippen molar-refractivity contribution in [2.75, 3.05) is 12.4 Å². The zero-order valence-electron chi connectivity index (χ0n) is 8.88.